The zero-order valence-corrected chi connectivity index (χ0v) is 8.77. The highest BCUT2D eigenvalue weighted by molar-refractivity contribution is 5.83. The molecule has 1 aliphatic rings. The molecule has 1 aromatic rings. The Morgan fingerprint density at radius 2 is 2.00 bits per heavy atom. The molecule has 0 amide bonds. The van der Waals surface area contributed by atoms with Gasteiger partial charge in [0.15, 0.2) is 0 Å². The molecule has 0 saturated heterocycles. The first-order chi connectivity index (χ1) is 7.35. The second-order valence-electron chi connectivity index (χ2n) is 3.76. The fraction of sp³-hybridized carbons (Fsp3) is 0.308. The van der Waals surface area contributed by atoms with Crippen LogP contribution in [0, 0.1) is 5.92 Å². The normalized spacial score (nSPS) is 16.2. The largest absolute Gasteiger partial charge is 0.497 e. The van der Waals surface area contributed by atoms with Crippen molar-refractivity contribution in [1.29, 1.82) is 0 Å². The van der Waals surface area contributed by atoms with Crippen molar-refractivity contribution < 1.29 is 9.53 Å². The molecular formula is C13H14O2. The van der Waals surface area contributed by atoms with E-state index in [1.807, 2.05) is 24.3 Å². The molecule has 0 atom stereocenters. The summed E-state index contributed by atoms with van der Waals surface area (Å²) in [6.45, 7) is 0. The van der Waals surface area contributed by atoms with Gasteiger partial charge in [0.05, 0.1) is 7.11 Å². The maximum atomic E-state index is 10.5. The summed E-state index contributed by atoms with van der Waals surface area (Å²) in [5, 5.41) is 0. The molecular weight excluding hydrogens is 188 g/mol. The monoisotopic (exact) mass is 202 g/mol. The SMILES string of the molecule is COc1ccc(C(=CC=O)C2CC2)cc1. The van der Waals surface area contributed by atoms with Gasteiger partial charge in [0, 0.05) is 0 Å². The van der Waals surface area contributed by atoms with Gasteiger partial charge in [-0.2, -0.15) is 0 Å². The van der Waals surface area contributed by atoms with E-state index in [1.54, 1.807) is 13.2 Å². The molecule has 0 bridgehead atoms. The Morgan fingerprint density at radius 3 is 2.47 bits per heavy atom. The highest BCUT2D eigenvalue weighted by Crippen LogP contribution is 2.41. The molecule has 2 nitrogen and oxygen atoms in total. The third-order valence-corrected chi connectivity index (χ3v) is 2.69. The van der Waals surface area contributed by atoms with Gasteiger partial charge >= 0.3 is 0 Å². The Balaban J connectivity index is 2.25. The van der Waals surface area contributed by atoms with Gasteiger partial charge in [0.25, 0.3) is 0 Å². The van der Waals surface area contributed by atoms with Crippen LogP contribution in [0.2, 0.25) is 0 Å². The quantitative estimate of drug-likeness (QED) is 0.554. The fourth-order valence-corrected chi connectivity index (χ4v) is 1.72. The Labute approximate surface area is 89.6 Å². The zero-order chi connectivity index (χ0) is 10.7. The second-order valence-corrected chi connectivity index (χ2v) is 3.76. The molecule has 1 aliphatic carbocycles. The van der Waals surface area contributed by atoms with E-state index in [4.69, 9.17) is 4.74 Å². The van der Waals surface area contributed by atoms with E-state index in [0.717, 1.165) is 23.2 Å². The smallest absolute Gasteiger partial charge is 0.143 e. The minimum absolute atomic E-state index is 0.587. The lowest BCUT2D eigenvalue weighted by Crippen LogP contribution is -1.89. The number of hydrogen-bond donors (Lipinski definition) is 0. The average molecular weight is 202 g/mol. The lowest BCUT2D eigenvalue weighted by molar-refractivity contribution is -0.104. The van der Waals surface area contributed by atoms with Gasteiger partial charge in [-0.05, 0) is 48.1 Å². The Morgan fingerprint density at radius 1 is 1.33 bits per heavy atom. The van der Waals surface area contributed by atoms with Crippen LogP contribution in [0.5, 0.6) is 5.75 Å². The minimum Gasteiger partial charge on any atom is -0.497 e. The van der Waals surface area contributed by atoms with E-state index < -0.39 is 0 Å². The van der Waals surface area contributed by atoms with E-state index in [0.29, 0.717) is 5.92 Å². The van der Waals surface area contributed by atoms with E-state index >= 15 is 0 Å². The molecule has 0 aromatic heterocycles. The van der Waals surface area contributed by atoms with Gasteiger partial charge in [-0.1, -0.05) is 12.1 Å². The molecule has 0 unspecified atom stereocenters. The highest BCUT2D eigenvalue weighted by Gasteiger charge is 2.26. The van der Waals surface area contributed by atoms with Gasteiger partial charge in [-0.3, -0.25) is 4.79 Å². The predicted molar refractivity (Wildman–Crippen MR) is 59.8 cm³/mol. The third-order valence-electron chi connectivity index (χ3n) is 2.69. The van der Waals surface area contributed by atoms with Gasteiger partial charge in [-0.25, -0.2) is 0 Å². The Bertz CT molecular complexity index is 372. The van der Waals surface area contributed by atoms with Crippen molar-refractivity contribution in [1.82, 2.24) is 0 Å². The standard InChI is InChI=1S/C13H14O2/c1-15-12-6-4-11(5-7-12)13(8-9-14)10-2-3-10/h4-10H,2-3H2,1H3. The van der Waals surface area contributed by atoms with Crippen LogP contribution >= 0.6 is 0 Å². The van der Waals surface area contributed by atoms with Crippen molar-refractivity contribution in [3.05, 3.63) is 35.9 Å². The number of hydrogen-bond acceptors (Lipinski definition) is 2. The van der Waals surface area contributed by atoms with Gasteiger partial charge in [0.1, 0.15) is 12.0 Å². The van der Waals surface area contributed by atoms with Crippen molar-refractivity contribution in [2.45, 2.75) is 12.8 Å². The van der Waals surface area contributed by atoms with E-state index in [2.05, 4.69) is 0 Å². The van der Waals surface area contributed by atoms with Crippen LogP contribution in [0.25, 0.3) is 5.57 Å². The molecule has 1 aromatic carbocycles. The molecule has 0 aliphatic heterocycles. The first kappa shape index (κ1) is 9.97. The van der Waals surface area contributed by atoms with Gasteiger partial charge < -0.3 is 4.74 Å². The lowest BCUT2D eigenvalue weighted by Gasteiger charge is -2.06. The summed E-state index contributed by atoms with van der Waals surface area (Å²) in [7, 11) is 1.65. The van der Waals surface area contributed by atoms with Crippen molar-refractivity contribution in [2.75, 3.05) is 7.11 Å². The van der Waals surface area contributed by atoms with Crippen LogP contribution in [0.1, 0.15) is 18.4 Å². The van der Waals surface area contributed by atoms with Crippen LogP contribution in [0.4, 0.5) is 0 Å². The number of allylic oxidation sites excluding steroid dienone is 2. The zero-order valence-electron chi connectivity index (χ0n) is 8.77. The van der Waals surface area contributed by atoms with Crippen LogP contribution < -0.4 is 4.74 Å². The van der Waals surface area contributed by atoms with Crippen LogP contribution in [-0.4, -0.2) is 13.4 Å². The minimum atomic E-state index is 0.587. The summed E-state index contributed by atoms with van der Waals surface area (Å²) in [6, 6.07) is 7.87. The maximum Gasteiger partial charge on any atom is 0.143 e. The number of methoxy groups -OCH3 is 1. The molecule has 1 saturated carbocycles. The van der Waals surface area contributed by atoms with Crippen molar-refractivity contribution in [2.24, 2.45) is 5.92 Å². The number of ether oxygens (including phenoxy) is 1. The summed E-state index contributed by atoms with van der Waals surface area (Å²) in [6.07, 6.45) is 4.95. The second kappa shape index (κ2) is 4.30. The summed E-state index contributed by atoms with van der Waals surface area (Å²) >= 11 is 0. The van der Waals surface area contributed by atoms with Crippen LogP contribution in [0.15, 0.2) is 30.3 Å². The van der Waals surface area contributed by atoms with E-state index in [1.165, 1.54) is 12.8 Å². The van der Waals surface area contributed by atoms with Gasteiger partial charge in [-0.15, -0.1) is 0 Å². The first-order valence-electron chi connectivity index (χ1n) is 5.15. The Kier molecular flexibility index (Phi) is 2.86. The van der Waals surface area contributed by atoms with Crippen molar-refractivity contribution in [3.8, 4) is 5.75 Å². The summed E-state index contributed by atoms with van der Waals surface area (Å²) < 4.78 is 5.10. The Hall–Kier alpha value is -1.57. The van der Waals surface area contributed by atoms with E-state index in [9.17, 15) is 4.79 Å². The van der Waals surface area contributed by atoms with Gasteiger partial charge in [0.2, 0.25) is 0 Å². The number of carbonyl (C=O) groups is 1. The summed E-state index contributed by atoms with van der Waals surface area (Å²) in [5.74, 6) is 1.43. The molecule has 2 rings (SSSR count). The molecule has 0 spiro atoms. The number of rotatable bonds is 4. The molecule has 0 radical (unpaired) electrons. The maximum absolute atomic E-state index is 10.5. The molecule has 78 valence electrons. The molecule has 2 heteroatoms. The van der Waals surface area contributed by atoms with Crippen molar-refractivity contribution >= 4 is 11.9 Å². The highest BCUT2D eigenvalue weighted by atomic mass is 16.5. The lowest BCUT2D eigenvalue weighted by atomic mass is 10.0. The molecule has 0 N–H and O–H groups in total. The van der Waals surface area contributed by atoms with Crippen LogP contribution in [0.3, 0.4) is 0 Å². The number of aldehydes is 1. The predicted octanol–water partition coefficient (Wildman–Crippen LogP) is 2.69. The molecule has 15 heavy (non-hydrogen) atoms. The third kappa shape index (κ3) is 2.27. The van der Waals surface area contributed by atoms with Crippen molar-refractivity contribution in [3.63, 3.8) is 0 Å². The average Bonchev–Trinajstić information content (AvgIpc) is 3.10. The fourth-order valence-electron chi connectivity index (χ4n) is 1.72. The summed E-state index contributed by atoms with van der Waals surface area (Å²) in [4.78, 5) is 10.5. The van der Waals surface area contributed by atoms with E-state index in [-0.39, 0.29) is 0 Å². The first-order valence-corrected chi connectivity index (χ1v) is 5.15. The van der Waals surface area contributed by atoms with Crippen LogP contribution in [-0.2, 0) is 4.79 Å². The number of carbonyl (C=O) groups excluding carboxylic acids is 1. The topological polar surface area (TPSA) is 26.3 Å². The summed E-state index contributed by atoms with van der Waals surface area (Å²) in [5.41, 5.74) is 2.29. The molecule has 1 fully saturated rings. The number of benzene rings is 1. The molecule has 0 heterocycles.